The lowest BCUT2D eigenvalue weighted by atomic mass is 10.1. The molecule has 0 spiro atoms. The van der Waals surface area contributed by atoms with Crippen LogP contribution >= 0.6 is 35.6 Å². The molecular weight excluding hydrogens is 438 g/mol. The van der Waals surface area contributed by atoms with Crippen molar-refractivity contribution in [2.45, 2.75) is 27.4 Å². The molecule has 1 saturated heterocycles. The van der Waals surface area contributed by atoms with Gasteiger partial charge in [-0.25, -0.2) is 0 Å². The maximum absolute atomic E-state index is 12.7. The van der Waals surface area contributed by atoms with Gasteiger partial charge in [0.1, 0.15) is 10.9 Å². The number of hydrogen-bond acceptors (Lipinski definition) is 5. The molecule has 2 aromatic rings. The third-order valence-electron chi connectivity index (χ3n) is 4.29. The van der Waals surface area contributed by atoms with Crippen LogP contribution in [-0.2, 0) is 11.4 Å². The van der Waals surface area contributed by atoms with Gasteiger partial charge < -0.3 is 9.47 Å². The molecule has 1 aliphatic heterocycles. The van der Waals surface area contributed by atoms with E-state index in [4.69, 9.17) is 33.3 Å². The quantitative estimate of drug-likeness (QED) is 0.347. The van der Waals surface area contributed by atoms with Crippen LogP contribution in [0.25, 0.3) is 6.08 Å². The summed E-state index contributed by atoms with van der Waals surface area (Å²) < 4.78 is 12.3. The molecule has 0 aliphatic carbocycles. The number of amides is 1. The van der Waals surface area contributed by atoms with Gasteiger partial charge in [-0.15, -0.1) is 0 Å². The number of ether oxygens (including phenoxy) is 2. The van der Waals surface area contributed by atoms with Gasteiger partial charge in [-0.05, 0) is 54.3 Å². The first kappa shape index (κ1) is 22.7. The fourth-order valence-electron chi connectivity index (χ4n) is 2.92. The molecule has 0 unspecified atom stereocenters. The SMILES string of the molecule is CCOc1cc(C=C2SC(=S)N(CC(C)C)C2=O)ccc1OCc1ccc(Cl)cc1. The molecule has 0 saturated carbocycles. The van der Waals surface area contributed by atoms with E-state index in [1.54, 1.807) is 4.90 Å². The summed E-state index contributed by atoms with van der Waals surface area (Å²) in [6.45, 7) is 7.61. The van der Waals surface area contributed by atoms with Crippen LogP contribution in [0.4, 0.5) is 0 Å². The molecule has 1 heterocycles. The molecule has 158 valence electrons. The van der Waals surface area contributed by atoms with E-state index in [1.807, 2.05) is 55.5 Å². The number of rotatable bonds is 8. The van der Waals surface area contributed by atoms with E-state index >= 15 is 0 Å². The first-order valence-electron chi connectivity index (χ1n) is 9.76. The van der Waals surface area contributed by atoms with Crippen LogP contribution in [0.1, 0.15) is 31.9 Å². The molecule has 0 bridgehead atoms. The van der Waals surface area contributed by atoms with Crippen molar-refractivity contribution in [1.29, 1.82) is 0 Å². The lowest BCUT2D eigenvalue weighted by Crippen LogP contribution is -2.31. The van der Waals surface area contributed by atoms with Crippen LogP contribution < -0.4 is 9.47 Å². The van der Waals surface area contributed by atoms with Gasteiger partial charge in [-0.2, -0.15) is 0 Å². The summed E-state index contributed by atoms with van der Waals surface area (Å²) >= 11 is 12.6. The Morgan fingerprint density at radius 3 is 2.53 bits per heavy atom. The molecule has 0 N–H and O–H groups in total. The second-order valence-electron chi connectivity index (χ2n) is 7.24. The van der Waals surface area contributed by atoms with Gasteiger partial charge in [0.2, 0.25) is 0 Å². The van der Waals surface area contributed by atoms with E-state index in [0.717, 1.165) is 11.1 Å². The van der Waals surface area contributed by atoms with Gasteiger partial charge >= 0.3 is 0 Å². The number of carbonyl (C=O) groups excluding carboxylic acids is 1. The zero-order valence-corrected chi connectivity index (χ0v) is 19.6. The Kier molecular flexibility index (Phi) is 7.81. The zero-order chi connectivity index (χ0) is 21.7. The van der Waals surface area contributed by atoms with E-state index < -0.39 is 0 Å². The minimum atomic E-state index is -0.0419. The van der Waals surface area contributed by atoms with Crippen molar-refractivity contribution in [2.24, 2.45) is 5.92 Å². The second kappa shape index (κ2) is 10.3. The van der Waals surface area contributed by atoms with Crippen LogP contribution in [0, 0.1) is 5.92 Å². The molecule has 2 aromatic carbocycles. The summed E-state index contributed by atoms with van der Waals surface area (Å²) in [7, 11) is 0. The Morgan fingerprint density at radius 2 is 1.87 bits per heavy atom. The number of halogens is 1. The molecule has 3 rings (SSSR count). The summed E-state index contributed by atoms with van der Waals surface area (Å²) in [5.41, 5.74) is 1.88. The highest BCUT2D eigenvalue weighted by atomic mass is 35.5. The van der Waals surface area contributed by atoms with E-state index in [0.29, 0.717) is 51.4 Å². The summed E-state index contributed by atoms with van der Waals surface area (Å²) in [5, 5.41) is 0.692. The van der Waals surface area contributed by atoms with Gasteiger partial charge in [0.15, 0.2) is 11.5 Å². The Bertz CT molecular complexity index is 957. The minimum Gasteiger partial charge on any atom is -0.490 e. The first-order valence-corrected chi connectivity index (χ1v) is 11.4. The lowest BCUT2D eigenvalue weighted by molar-refractivity contribution is -0.122. The predicted octanol–water partition coefficient (Wildman–Crippen LogP) is 6.17. The lowest BCUT2D eigenvalue weighted by Gasteiger charge is -2.16. The van der Waals surface area contributed by atoms with Crippen LogP contribution in [-0.4, -0.2) is 28.3 Å². The Balaban J connectivity index is 1.77. The Morgan fingerprint density at radius 1 is 1.13 bits per heavy atom. The van der Waals surface area contributed by atoms with E-state index in [-0.39, 0.29) is 5.91 Å². The van der Waals surface area contributed by atoms with Crippen LogP contribution in [0.5, 0.6) is 11.5 Å². The molecule has 30 heavy (non-hydrogen) atoms. The van der Waals surface area contributed by atoms with Crippen molar-refractivity contribution < 1.29 is 14.3 Å². The molecule has 0 aromatic heterocycles. The van der Waals surface area contributed by atoms with Gasteiger partial charge in [-0.3, -0.25) is 9.69 Å². The highest BCUT2D eigenvalue weighted by Gasteiger charge is 2.32. The molecule has 1 aliphatic rings. The average molecular weight is 462 g/mol. The summed E-state index contributed by atoms with van der Waals surface area (Å²) in [4.78, 5) is 15.0. The second-order valence-corrected chi connectivity index (χ2v) is 9.35. The van der Waals surface area contributed by atoms with E-state index in [2.05, 4.69) is 13.8 Å². The zero-order valence-electron chi connectivity index (χ0n) is 17.2. The van der Waals surface area contributed by atoms with Crippen LogP contribution in [0.2, 0.25) is 5.02 Å². The van der Waals surface area contributed by atoms with Crippen molar-refractivity contribution in [3.05, 3.63) is 63.5 Å². The standard InChI is InChI=1S/C23H24ClNO3S2/c1-4-27-20-11-17(12-21-22(26)25(13-15(2)3)23(29)30-21)7-10-19(20)28-14-16-5-8-18(24)9-6-16/h5-12,15H,4,13-14H2,1-3H3. The Labute approximate surface area is 192 Å². The highest BCUT2D eigenvalue weighted by molar-refractivity contribution is 8.26. The fourth-order valence-corrected chi connectivity index (χ4v) is 4.32. The van der Waals surface area contributed by atoms with Crippen molar-refractivity contribution in [3.8, 4) is 11.5 Å². The van der Waals surface area contributed by atoms with Crippen molar-refractivity contribution in [1.82, 2.24) is 4.90 Å². The monoisotopic (exact) mass is 461 g/mol. The predicted molar refractivity (Wildman–Crippen MR) is 128 cm³/mol. The van der Waals surface area contributed by atoms with E-state index in [1.165, 1.54) is 11.8 Å². The van der Waals surface area contributed by atoms with E-state index in [9.17, 15) is 4.79 Å². The molecule has 1 amide bonds. The fraction of sp³-hybridized carbons (Fsp3) is 0.304. The van der Waals surface area contributed by atoms with Gasteiger partial charge in [0.05, 0.1) is 11.5 Å². The largest absolute Gasteiger partial charge is 0.490 e. The number of thioether (sulfide) groups is 1. The molecule has 7 heteroatoms. The molecule has 0 atom stereocenters. The Hall–Kier alpha value is -2.02. The highest BCUT2D eigenvalue weighted by Crippen LogP contribution is 2.35. The smallest absolute Gasteiger partial charge is 0.266 e. The molecule has 1 fully saturated rings. The third kappa shape index (κ3) is 5.78. The maximum atomic E-state index is 12.7. The summed E-state index contributed by atoms with van der Waals surface area (Å²) in [6, 6.07) is 13.2. The van der Waals surface area contributed by atoms with Gasteiger partial charge in [0, 0.05) is 11.6 Å². The van der Waals surface area contributed by atoms with Crippen molar-refractivity contribution >= 4 is 51.9 Å². The normalized spacial score (nSPS) is 15.4. The number of thiocarbonyl (C=S) groups is 1. The van der Waals surface area contributed by atoms with Gasteiger partial charge in [-0.1, -0.05) is 67.6 Å². The van der Waals surface area contributed by atoms with Crippen LogP contribution in [0.3, 0.4) is 0 Å². The summed E-state index contributed by atoms with van der Waals surface area (Å²) in [6.07, 6.45) is 1.85. The topological polar surface area (TPSA) is 38.8 Å². The number of nitrogens with zero attached hydrogens (tertiary/aromatic N) is 1. The molecular formula is C23H24ClNO3S2. The molecule has 4 nitrogen and oxygen atoms in total. The van der Waals surface area contributed by atoms with Crippen molar-refractivity contribution in [3.63, 3.8) is 0 Å². The van der Waals surface area contributed by atoms with Gasteiger partial charge in [0.25, 0.3) is 5.91 Å². The molecule has 0 radical (unpaired) electrons. The first-order chi connectivity index (χ1) is 14.4. The maximum Gasteiger partial charge on any atom is 0.266 e. The number of hydrogen-bond donors (Lipinski definition) is 0. The minimum absolute atomic E-state index is 0.0419. The number of benzene rings is 2. The summed E-state index contributed by atoms with van der Waals surface area (Å²) in [5.74, 6) is 1.60. The average Bonchev–Trinajstić information content (AvgIpc) is 2.96. The third-order valence-corrected chi connectivity index (χ3v) is 5.92. The van der Waals surface area contributed by atoms with Crippen molar-refractivity contribution in [2.75, 3.05) is 13.2 Å². The van der Waals surface area contributed by atoms with Crippen LogP contribution in [0.15, 0.2) is 47.4 Å². The number of carbonyl (C=O) groups is 1.